The van der Waals surface area contributed by atoms with Crippen molar-refractivity contribution in [3.8, 4) is 0 Å². The summed E-state index contributed by atoms with van der Waals surface area (Å²) >= 11 is 0. The number of aromatic nitrogens is 2. The van der Waals surface area contributed by atoms with Crippen LogP contribution in [0.2, 0.25) is 0 Å². The highest BCUT2D eigenvalue weighted by molar-refractivity contribution is 5.90. The fourth-order valence-corrected chi connectivity index (χ4v) is 4.32. The van der Waals surface area contributed by atoms with Crippen LogP contribution in [-0.4, -0.2) is 46.2 Å². The number of esters is 2. The third-order valence-electron chi connectivity index (χ3n) is 5.95. The van der Waals surface area contributed by atoms with E-state index in [4.69, 9.17) is 14.2 Å². The Labute approximate surface area is 191 Å². The molecule has 2 heterocycles. The summed E-state index contributed by atoms with van der Waals surface area (Å²) in [4.78, 5) is 51.8. The molecule has 9 nitrogen and oxygen atoms in total. The minimum atomic E-state index is -2.44. The second kappa shape index (κ2) is 8.38. The Bertz CT molecular complexity index is 1310. The highest BCUT2D eigenvalue weighted by Gasteiger charge is 2.80. The van der Waals surface area contributed by atoms with Gasteiger partial charge in [-0.3, -0.25) is 9.36 Å². The Morgan fingerprint density at radius 2 is 1.59 bits per heavy atom. The molecule has 34 heavy (non-hydrogen) atoms. The summed E-state index contributed by atoms with van der Waals surface area (Å²) in [6.45, 7) is -0.393. The number of hydrogen-bond donors (Lipinski definition) is 1. The van der Waals surface area contributed by atoms with Gasteiger partial charge in [-0.2, -0.15) is 0 Å². The van der Waals surface area contributed by atoms with Gasteiger partial charge in [0.25, 0.3) is 5.56 Å². The largest absolute Gasteiger partial charge is 0.459 e. The van der Waals surface area contributed by atoms with Crippen molar-refractivity contribution < 1.29 is 28.2 Å². The van der Waals surface area contributed by atoms with Crippen molar-refractivity contribution in [2.75, 3.05) is 6.61 Å². The van der Waals surface area contributed by atoms with Crippen molar-refractivity contribution >= 4 is 11.9 Å². The van der Waals surface area contributed by atoms with Gasteiger partial charge in [-0.05, 0) is 24.3 Å². The molecule has 2 fully saturated rings. The van der Waals surface area contributed by atoms with Crippen LogP contribution in [0.15, 0.2) is 82.5 Å². The fraction of sp³-hybridized carbons (Fsp3) is 0.250. The van der Waals surface area contributed by atoms with E-state index < -0.39 is 59.8 Å². The molecule has 5 atom stereocenters. The number of carbonyl (C=O) groups is 2. The molecule has 10 heteroatoms. The van der Waals surface area contributed by atoms with Gasteiger partial charge < -0.3 is 19.2 Å². The second-order valence-corrected chi connectivity index (χ2v) is 8.02. The lowest BCUT2D eigenvalue weighted by Gasteiger charge is -2.24. The van der Waals surface area contributed by atoms with Crippen molar-refractivity contribution in [1.29, 1.82) is 0 Å². The van der Waals surface area contributed by atoms with E-state index in [-0.39, 0.29) is 5.56 Å². The summed E-state index contributed by atoms with van der Waals surface area (Å²) in [5.74, 6) is -4.97. The summed E-state index contributed by atoms with van der Waals surface area (Å²) in [7, 11) is 0. The summed E-state index contributed by atoms with van der Waals surface area (Å²) in [5, 5.41) is 0. The van der Waals surface area contributed by atoms with E-state index in [0.29, 0.717) is 10.1 Å². The zero-order chi connectivity index (χ0) is 23.9. The second-order valence-electron chi connectivity index (χ2n) is 8.02. The SMILES string of the molecule is O=C(OC[C@H]1OC2(F)C(C1OC(=O)c1ccccc1)[C@@H]2n1c(=O)cc[nH]c1=O)c1ccccc1. The van der Waals surface area contributed by atoms with Gasteiger partial charge in [-0.25, -0.2) is 18.8 Å². The fourth-order valence-electron chi connectivity index (χ4n) is 4.32. The molecule has 2 aliphatic rings. The molecular weight excluding hydrogens is 447 g/mol. The maximum Gasteiger partial charge on any atom is 0.338 e. The van der Waals surface area contributed by atoms with E-state index in [1.807, 2.05) is 0 Å². The zero-order valence-electron chi connectivity index (χ0n) is 17.6. The molecule has 0 radical (unpaired) electrons. The number of nitrogens with one attached hydrogen (secondary N) is 1. The molecule has 1 aliphatic heterocycles. The number of fused-ring (bicyclic) bond motifs is 1. The number of aromatic amines is 1. The molecule has 1 aromatic heterocycles. The maximum absolute atomic E-state index is 15.7. The lowest BCUT2D eigenvalue weighted by Crippen LogP contribution is -2.41. The number of halogens is 1. The Kier molecular flexibility index (Phi) is 5.37. The van der Waals surface area contributed by atoms with Crippen LogP contribution < -0.4 is 11.2 Å². The first-order valence-corrected chi connectivity index (χ1v) is 10.6. The molecule has 0 bridgehead atoms. The standard InChI is InChI=1S/C24H19FN2O7/c25-24-18(20(24)27-17(28)11-12-26-23(27)31)19(33-22(30)15-9-5-2-6-10-15)16(34-24)13-32-21(29)14-7-3-1-4-8-14/h1-12,16,18-20H,13H2,(H,26,31)/t16-,18?,19?,20+,24?/m1/s1. The molecule has 1 saturated heterocycles. The average molecular weight is 466 g/mol. The van der Waals surface area contributed by atoms with Crippen LogP contribution in [0.25, 0.3) is 0 Å². The third-order valence-corrected chi connectivity index (χ3v) is 5.95. The number of alkyl halides is 1. The Hall–Kier alpha value is -4.05. The molecule has 1 saturated carbocycles. The van der Waals surface area contributed by atoms with Crippen LogP contribution in [0, 0.1) is 5.92 Å². The lowest BCUT2D eigenvalue weighted by atomic mass is 10.1. The van der Waals surface area contributed by atoms with E-state index in [2.05, 4.69) is 4.98 Å². The molecule has 1 N–H and O–H groups in total. The normalized spacial score (nSPS) is 27.0. The van der Waals surface area contributed by atoms with Crippen LogP contribution in [-0.2, 0) is 14.2 Å². The number of H-pyrrole nitrogens is 1. The van der Waals surface area contributed by atoms with Gasteiger partial charge in [0.2, 0.25) is 5.85 Å². The Morgan fingerprint density at radius 1 is 0.971 bits per heavy atom. The quantitative estimate of drug-likeness (QED) is 0.551. The van der Waals surface area contributed by atoms with E-state index in [1.165, 1.54) is 12.1 Å². The van der Waals surface area contributed by atoms with Crippen molar-refractivity contribution in [3.63, 3.8) is 0 Å². The number of hydrogen-bond acceptors (Lipinski definition) is 7. The Balaban J connectivity index is 1.40. The molecular formula is C24H19FN2O7. The molecule has 1 aliphatic carbocycles. The predicted molar refractivity (Wildman–Crippen MR) is 115 cm³/mol. The van der Waals surface area contributed by atoms with Gasteiger partial charge >= 0.3 is 17.6 Å². The zero-order valence-corrected chi connectivity index (χ0v) is 17.6. The van der Waals surface area contributed by atoms with Crippen molar-refractivity contribution in [2.24, 2.45) is 5.92 Å². The van der Waals surface area contributed by atoms with Crippen LogP contribution in [0.1, 0.15) is 26.8 Å². The summed E-state index contributed by atoms with van der Waals surface area (Å²) in [6.07, 6.45) is -1.19. The number of carbonyl (C=O) groups excluding carboxylic acids is 2. The number of benzene rings is 2. The van der Waals surface area contributed by atoms with Crippen LogP contribution in [0.3, 0.4) is 0 Å². The van der Waals surface area contributed by atoms with Crippen molar-refractivity contribution in [3.05, 3.63) is 105 Å². The number of nitrogens with zero attached hydrogens (tertiary/aromatic N) is 1. The summed E-state index contributed by atoms with van der Waals surface area (Å²) in [6, 6.07) is 16.0. The lowest BCUT2D eigenvalue weighted by molar-refractivity contribution is -0.124. The van der Waals surface area contributed by atoms with E-state index in [1.54, 1.807) is 48.5 Å². The van der Waals surface area contributed by atoms with Crippen LogP contribution >= 0.6 is 0 Å². The molecule has 174 valence electrons. The predicted octanol–water partition coefficient (Wildman–Crippen LogP) is 1.85. The van der Waals surface area contributed by atoms with Crippen molar-refractivity contribution in [2.45, 2.75) is 24.1 Å². The van der Waals surface area contributed by atoms with Gasteiger partial charge in [0.15, 0.2) is 0 Å². The molecule has 5 rings (SSSR count). The first kappa shape index (κ1) is 21.8. The summed E-state index contributed by atoms with van der Waals surface area (Å²) < 4.78 is 32.8. The molecule has 0 spiro atoms. The third kappa shape index (κ3) is 3.71. The maximum atomic E-state index is 15.7. The van der Waals surface area contributed by atoms with Crippen LogP contribution in [0.5, 0.6) is 0 Å². The summed E-state index contributed by atoms with van der Waals surface area (Å²) in [5.41, 5.74) is -1.01. The van der Waals surface area contributed by atoms with E-state index >= 15 is 4.39 Å². The van der Waals surface area contributed by atoms with Gasteiger partial charge in [-0.15, -0.1) is 0 Å². The minimum Gasteiger partial charge on any atom is -0.459 e. The molecule has 0 amide bonds. The highest BCUT2D eigenvalue weighted by Crippen LogP contribution is 2.65. The van der Waals surface area contributed by atoms with Crippen molar-refractivity contribution in [1.82, 2.24) is 9.55 Å². The first-order valence-electron chi connectivity index (χ1n) is 10.6. The topological polar surface area (TPSA) is 117 Å². The molecule has 2 aromatic carbocycles. The average Bonchev–Trinajstić information content (AvgIpc) is 3.32. The van der Waals surface area contributed by atoms with Gasteiger partial charge in [0.05, 0.1) is 17.0 Å². The van der Waals surface area contributed by atoms with Gasteiger partial charge in [0, 0.05) is 12.3 Å². The van der Waals surface area contributed by atoms with Crippen LogP contribution in [0.4, 0.5) is 4.39 Å². The monoisotopic (exact) mass is 466 g/mol. The minimum absolute atomic E-state index is 0.228. The first-order chi connectivity index (χ1) is 16.4. The number of ether oxygens (including phenoxy) is 3. The van der Waals surface area contributed by atoms with E-state index in [0.717, 1.165) is 12.3 Å². The molecule has 3 aromatic rings. The molecule has 3 unspecified atom stereocenters. The highest BCUT2D eigenvalue weighted by atomic mass is 19.2. The number of rotatable bonds is 6. The van der Waals surface area contributed by atoms with E-state index in [9.17, 15) is 19.2 Å². The smallest absolute Gasteiger partial charge is 0.338 e. The van der Waals surface area contributed by atoms with Gasteiger partial charge in [-0.1, -0.05) is 36.4 Å². The Morgan fingerprint density at radius 3 is 2.21 bits per heavy atom. The van der Waals surface area contributed by atoms with Gasteiger partial charge in [0.1, 0.15) is 24.9 Å².